The fourth-order valence-corrected chi connectivity index (χ4v) is 16.8. The summed E-state index contributed by atoms with van der Waals surface area (Å²) in [5, 5.41) is 22.9. The van der Waals surface area contributed by atoms with E-state index >= 15 is 0 Å². The second kappa shape index (κ2) is 37.0. The number of likely N-dealkylation sites (tertiary alicyclic amines) is 6. The lowest BCUT2D eigenvalue weighted by molar-refractivity contribution is -0.127. The number of hydrogen-bond donors (Lipinski definition) is 7. The van der Waals surface area contributed by atoms with Crippen molar-refractivity contribution in [1.82, 2.24) is 71.5 Å². The number of carbonyl (C=O) groups is 5. The number of nitrogens with zero attached hydrogens (tertiary/aromatic N) is 7. The lowest BCUT2D eigenvalue weighted by atomic mass is 9.88. The van der Waals surface area contributed by atoms with E-state index < -0.39 is 0 Å². The van der Waals surface area contributed by atoms with Gasteiger partial charge in [0.05, 0.1) is 12.0 Å². The van der Waals surface area contributed by atoms with Crippen LogP contribution in [-0.2, 0) is 14.4 Å². The van der Waals surface area contributed by atoms with Crippen LogP contribution in [0, 0.1) is 17.3 Å². The largest absolute Gasteiger partial charge is 0.353 e. The summed E-state index contributed by atoms with van der Waals surface area (Å²) in [6, 6.07) is 6.03. The van der Waals surface area contributed by atoms with Crippen LogP contribution >= 0.6 is 0 Å². The van der Waals surface area contributed by atoms with Crippen LogP contribution in [0.4, 0.5) is 9.59 Å². The minimum Gasteiger partial charge on any atom is -0.353 e. The lowest BCUT2D eigenvalue weighted by Gasteiger charge is -2.41. The Bertz CT molecular complexity index is 2070. The molecular formula is C74H138N14O5. The van der Waals surface area contributed by atoms with Gasteiger partial charge in [0.15, 0.2) is 0 Å². The van der Waals surface area contributed by atoms with Crippen molar-refractivity contribution in [2.75, 3.05) is 98.2 Å². The number of fused-ring (bicyclic) bond motifs is 2. The second-order valence-corrected chi connectivity index (χ2v) is 32.9. The van der Waals surface area contributed by atoms with E-state index in [4.69, 9.17) is 0 Å². The molecule has 0 radical (unpaired) electrons. The van der Waals surface area contributed by atoms with Crippen LogP contribution < -0.4 is 37.2 Å². The van der Waals surface area contributed by atoms with Crippen molar-refractivity contribution in [3.63, 3.8) is 0 Å². The molecule has 19 heteroatoms. The Hall–Kier alpha value is -3.33. The maximum atomic E-state index is 12.5. The molecule has 2 bridgehead atoms. The second-order valence-electron chi connectivity index (χ2n) is 32.9. The third kappa shape index (κ3) is 24.0. The van der Waals surface area contributed by atoms with E-state index in [1.165, 1.54) is 77.0 Å². The van der Waals surface area contributed by atoms with Gasteiger partial charge in [-0.05, 0) is 242 Å². The molecule has 534 valence electrons. The molecule has 19 nitrogen and oxygen atoms in total. The highest BCUT2D eigenvalue weighted by atomic mass is 16.2. The molecule has 10 saturated heterocycles. The van der Waals surface area contributed by atoms with E-state index in [2.05, 4.69) is 143 Å². The van der Waals surface area contributed by atoms with Crippen LogP contribution in [0.2, 0.25) is 0 Å². The molecule has 7 amide bonds. The van der Waals surface area contributed by atoms with Crippen LogP contribution in [0.15, 0.2) is 0 Å². The summed E-state index contributed by atoms with van der Waals surface area (Å²) < 4.78 is 0. The van der Waals surface area contributed by atoms with Crippen LogP contribution in [0.25, 0.3) is 0 Å². The van der Waals surface area contributed by atoms with Crippen molar-refractivity contribution in [2.24, 2.45) is 17.3 Å². The molecule has 2 atom stereocenters. The molecule has 10 heterocycles. The highest BCUT2D eigenvalue weighted by Gasteiger charge is 2.49. The van der Waals surface area contributed by atoms with E-state index in [9.17, 15) is 24.0 Å². The van der Waals surface area contributed by atoms with Gasteiger partial charge in [-0.1, -0.05) is 25.7 Å². The first-order valence-corrected chi connectivity index (χ1v) is 38.7. The number of carbonyl (C=O) groups excluding carboxylic acids is 5. The van der Waals surface area contributed by atoms with E-state index in [0.29, 0.717) is 83.7 Å². The van der Waals surface area contributed by atoms with Gasteiger partial charge in [0.25, 0.3) is 0 Å². The van der Waals surface area contributed by atoms with Gasteiger partial charge in [0.2, 0.25) is 17.7 Å². The molecule has 0 aromatic rings. The average molecular weight is 1300 g/mol. The Morgan fingerprint density at radius 1 is 0.398 bits per heavy atom. The van der Waals surface area contributed by atoms with Crippen LogP contribution in [0.5, 0.6) is 0 Å². The van der Waals surface area contributed by atoms with E-state index in [-0.39, 0.29) is 41.4 Å². The molecule has 12 aliphatic rings. The monoisotopic (exact) mass is 1300 g/mol. The molecule has 0 aromatic carbocycles. The molecule has 2 saturated carbocycles. The summed E-state index contributed by atoms with van der Waals surface area (Å²) >= 11 is 0. The summed E-state index contributed by atoms with van der Waals surface area (Å²) in [5.74, 6) is 1.32. The Morgan fingerprint density at radius 3 is 1.18 bits per heavy atom. The molecule has 12 fully saturated rings. The minimum atomic E-state index is 0.0573. The topological polar surface area (TPSA) is 192 Å². The number of nitrogens with one attached hydrogen (secondary N) is 7. The first kappa shape index (κ1) is 75.4. The Kier molecular flexibility index (Phi) is 30.0. The smallest absolute Gasteiger partial charge is 0.318 e. The predicted octanol–water partition coefficient (Wildman–Crippen LogP) is 9.29. The zero-order chi connectivity index (χ0) is 66.7. The molecule has 0 aromatic heterocycles. The molecule has 7 N–H and O–H groups in total. The maximum Gasteiger partial charge on any atom is 0.318 e. The molecular weight excluding hydrogens is 1160 g/mol. The summed E-state index contributed by atoms with van der Waals surface area (Å²) in [6.07, 6.45) is 31.4. The third-order valence-corrected chi connectivity index (χ3v) is 23.8. The van der Waals surface area contributed by atoms with Gasteiger partial charge in [-0.15, -0.1) is 0 Å². The summed E-state index contributed by atoms with van der Waals surface area (Å²) in [7, 11) is 0. The molecule has 1 spiro atoms. The van der Waals surface area contributed by atoms with Crippen molar-refractivity contribution in [1.29, 1.82) is 0 Å². The van der Waals surface area contributed by atoms with Crippen molar-refractivity contribution >= 4 is 29.8 Å². The van der Waals surface area contributed by atoms with Gasteiger partial charge in [-0.3, -0.25) is 19.3 Å². The van der Waals surface area contributed by atoms with Crippen molar-refractivity contribution < 1.29 is 24.0 Å². The maximum absolute atomic E-state index is 12.5. The average Bonchev–Trinajstić information content (AvgIpc) is 1.64. The van der Waals surface area contributed by atoms with Gasteiger partial charge < -0.3 is 66.6 Å². The lowest BCUT2D eigenvalue weighted by Crippen LogP contribution is -2.53. The molecule has 2 unspecified atom stereocenters. The van der Waals surface area contributed by atoms with Gasteiger partial charge in [-0.2, -0.15) is 0 Å². The number of piperidine rings is 7. The van der Waals surface area contributed by atoms with Crippen LogP contribution in [0.1, 0.15) is 250 Å². The molecule has 12 rings (SSSR count). The fourth-order valence-electron chi connectivity index (χ4n) is 16.8. The van der Waals surface area contributed by atoms with Gasteiger partial charge in [0.1, 0.15) is 0 Å². The molecule has 93 heavy (non-hydrogen) atoms. The highest BCUT2D eigenvalue weighted by Crippen LogP contribution is 2.52. The quantitative estimate of drug-likeness (QED) is 0.0982. The van der Waals surface area contributed by atoms with Crippen molar-refractivity contribution in [2.45, 2.75) is 328 Å². The number of rotatable bonds is 12. The fraction of sp³-hybridized carbons (Fsp3) is 0.932. The third-order valence-electron chi connectivity index (χ3n) is 23.8. The Balaban J connectivity index is 0.000000149. The normalized spacial score (nSPS) is 27.7. The van der Waals surface area contributed by atoms with Crippen molar-refractivity contribution in [3.05, 3.63) is 0 Å². The number of hydrogen-bond acceptors (Lipinski definition) is 12. The standard InChI is InChI=1S/C16H29N3O.C15H27N3O.C15H28N2O.2C14H27N3O/c1-16(2,3)18-10-8-12(9-11-18)17-15(20)19-13-4-5-14(19)7-6-13;1-12(2)17-8-3-13(4-9-17)16-14(19)18-10-7-15(11-18)5-6-15;1-12(2)17-10-8-14(9-11-17)16-15(18)13-6-4-3-5-7-13;1-11(2)17-8-5-13(6-9-17)16-14(18)12-4-3-7-15-10-12;1-11(2)17-9-6-12(7-10-17)16-14(18)13-5-3-4-8-15-13/h12-14H,4-11H2,1-3H3,(H,17,20);12-13H,3-11H2,1-2H3,(H,16,19);12-14H,3-11H2,1-2H3,(H,16,18);2*11-13,15H,3-10H2,1-2H3,(H,16,18). The Morgan fingerprint density at radius 2 is 0.796 bits per heavy atom. The number of urea groups is 2. The van der Waals surface area contributed by atoms with Crippen LogP contribution in [0.3, 0.4) is 0 Å². The van der Waals surface area contributed by atoms with Crippen LogP contribution in [-0.4, -0.2) is 240 Å². The highest BCUT2D eigenvalue weighted by molar-refractivity contribution is 5.82. The zero-order valence-corrected chi connectivity index (χ0v) is 61.0. The van der Waals surface area contributed by atoms with Gasteiger partial charge >= 0.3 is 12.1 Å². The first-order chi connectivity index (χ1) is 44.5. The summed E-state index contributed by atoms with van der Waals surface area (Å²) in [5.41, 5.74) is 0.793. The molecule has 2 aliphatic carbocycles. The SMILES string of the molecule is CC(C)(C)N1CCC(NC(=O)N2C3CCC2CC3)CC1.CC(C)N1CCC(NC(=O)C2CCCCC2)CC1.CC(C)N1CCC(NC(=O)C2CCCCN2)CC1.CC(C)N1CCC(NC(=O)C2CCCNC2)CC1.CC(C)N1CCC(NC(=O)N2CCC3(CC3)C2)CC1. The van der Waals surface area contributed by atoms with E-state index in [0.717, 1.165) is 194 Å². The van der Waals surface area contributed by atoms with E-state index in [1.807, 2.05) is 4.90 Å². The molecule has 10 aliphatic heterocycles. The van der Waals surface area contributed by atoms with Crippen molar-refractivity contribution in [3.8, 4) is 0 Å². The predicted molar refractivity (Wildman–Crippen MR) is 378 cm³/mol. The van der Waals surface area contributed by atoms with Gasteiger partial charge in [0, 0.05) is 163 Å². The Labute approximate surface area is 565 Å². The van der Waals surface area contributed by atoms with E-state index in [1.54, 1.807) is 0 Å². The summed E-state index contributed by atoms with van der Waals surface area (Å²) in [6.45, 7) is 40.8. The first-order valence-electron chi connectivity index (χ1n) is 38.7. The summed E-state index contributed by atoms with van der Waals surface area (Å²) in [4.78, 5) is 77.8. The zero-order valence-electron chi connectivity index (χ0n) is 61.0. The van der Waals surface area contributed by atoms with Gasteiger partial charge in [-0.25, -0.2) is 9.59 Å². The number of amides is 7. The minimum absolute atomic E-state index is 0.0573.